The van der Waals surface area contributed by atoms with Crippen molar-refractivity contribution in [2.75, 3.05) is 12.4 Å². The van der Waals surface area contributed by atoms with Crippen molar-refractivity contribution in [2.45, 2.75) is 44.9 Å². The van der Waals surface area contributed by atoms with Crippen molar-refractivity contribution in [1.29, 1.82) is 0 Å². The Morgan fingerprint density at radius 3 is 2.56 bits per heavy atom. The molecule has 7 nitrogen and oxygen atoms in total. The number of oxime groups is 1. The van der Waals surface area contributed by atoms with E-state index in [1.807, 2.05) is 13.0 Å². The number of nitrogens with one attached hydrogen (secondary N) is 1. The largest absolute Gasteiger partial charge is 0.459 e. The SMILES string of the molecule is CC(=NOCc1c(C)cccc1NC(=O)/[N+](C)=N\N)C1(c2cccc(C(F)(F)F)c2)CC1. The maximum atomic E-state index is 13.1. The maximum Gasteiger partial charge on any atom is 0.459 e. The van der Waals surface area contributed by atoms with Crippen LogP contribution in [0, 0.1) is 6.92 Å². The van der Waals surface area contributed by atoms with Crippen LogP contribution in [0.4, 0.5) is 23.7 Å². The smallest absolute Gasteiger partial charge is 0.391 e. The van der Waals surface area contributed by atoms with Crippen molar-refractivity contribution < 1.29 is 27.5 Å². The van der Waals surface area contributed by atoms with Crippen LogP contribution in [0.25, 0.3) is 0 Å². The van der Waals surface area contributed by atoms with E-state index in [0.29, 0.717) is 35.4 Å². The lowest BCUT2D eigenvalue weighted by Crippen LogP contribution is -2.23. The number of benzene rings is 2. The zero-order valence-electron chi connectivity index (χ0n) is 18.0. The molecule has 1 fully saturated rings. The lowest BCUT2D eigenvalue weighted by atomic mass is 9.90. The fourth-order valence-corrected chi connectivity index (χ4v) is 3.52. The molecule has 0 spiro atoms. The second kappa shape index (κ2) is 8.97. The summed E-state index contributed by atoms with van der Waals surface area (Å²) in [5.41, 5.74) is 2.08. The molecule has 2 amide bonds. The summed E-state index contributed by atoms with van der Waals surface area (Å²) >= 11 is 0. The molecule has 0 atom stereocenters. The van der Waals surface area contributed by atoms with Crippen LogP contribution >= 0.6 is 0 Å². The molecule has 0 unspecified atom stereocenters. The van der Waals surface area contributed by atoms with E-state index in [9.17, 15) is 18.0 Å². The predicted molar refractivity (Wildman–Crippen MR) is 113 cm³/mol. The van der Waals surface area contributed by atoms with Gasteiger partial charge in [0.05, 0.1) is 18.3 Å². The number of hydrogen-bond donors (Lipinski definition) is 2. The number of carbonyl (C=O) groups excluding carboxylic acids is 1. The number of nitrogens with two attached hydrogens (primary N) is 1. The van der Waals surface area contributed by atoms with Crippen LogP contribution < -0.4 is 11.2 Å². The molecule has 0 aliphatic heterocycles. The van der Waals surface area contributed by atoms with Crippen molar-refractivity contribution in [3.8, 4) is 0 Å². The molecule has 0 saturated heterocycles. The molecule has 0 bridgehead atoms. The second-order valence-corrected chi connectivity index (χ2v) is 7.78. The molecule has 2 aromatic carbocycles. The Hall–Kier alpha value is -3.43. The van der Waals surface area contributed by atoms with E-state index in [0.717, 1.165) is 16.3 Å². The van der Waals surface area contributed by atoms with E-state index < -0.39 is 23.2 Å². The van der Waals surface area contributed by atoms with Gasteiger partial charge in [-0.05, 0) is 49.9 Å². The highest BCUT2D eigenvalue weighted by Crippen LogP contribution is 2.50. The molecule has 2 aromatic rings. The number of hydrogen-bond acceptors (Lipinski definition) is 4. The first-order valence-electron chi connectivity index (χ1n) is 9.97. The number of anilines is 1. The van der Waals surface area contributed by atoms with Crippen molar-refractivity contribution in [3.05, 3.63) is 64.7 Å². The van der Waals surface area contributed by atoms with E-state index in [-0.39, 0.29) is 6.61 Å². The lowest BCUT2D eigenvalue weighted by Gasteiger charge is -2.17. The summed E-state index contributed by atoms with van der Waals surface area (Å²) in [6.45, 7) is 3.69. The Balaban J connectivity index is 1.76. The van der Waals surface area contributed by atoms with Crippen molar-refractivity contribution >= 4 is 17.4 Å². The topological polar surface area (TPSA) is 92.1 Å². The van der Waals surface area contributed by atoms with Gasteiger partial charge in [0, 0.05) is 16.2 Å². The van der Waals surface area contributed by atoms with E-state index in [1.165, 1.54) is 19.2 Å². The number of nitrogens with zero attached hydrogens (tertiary/aromatic N) is 3. The second-order valence-electron chi connectivity index (χ2n) is 7.78. The van der Waals surface area contributed by atoms with E-state index in [2.05, 4.69) is 15.7 Å². The first kappa shape index (κ1) is 23.2. The highest BCUT2D eigenvalue weighted by molar-refractivity contribution is 5.95. The summed E-state index contributed by atoms with van der Waals surface area (Å²) in [4.78, 5) is 17.6. The standard InChI is InChI=1S/C22H24F3N5O2/c1-14-6-4-9-19(27-20(31)30(3)29-26)18(14)13-32-28-15(2)21(10-11-21)16-7-5-8-17(12-16)22(23,24)25/h4-9,12,26H,10-11,13H2,1-3H3,(H,27,31)/p+1. The Labute approximate surface area is 183 Å². The molecule has 32 heavy (non-hydrogen) atoms. The number of carbonyl (C=O) groups is 1. The van der Waals surface area contributed by atoms with Crippen LogP contribution in [0.1, 0.15) is 42.0 Å². The molecule has 1 saturated carbocycles. The van der Waals surface area contributed by atoms with Crippen molar-refractivity contribution in [1.82, 2.24) is 0 Å². The van der Waals surface area contributed by atoms with Gasteiger partial charge < -0.3 is 4.84 Å². The van der Waals surface area contributed by atoms with Gasteiger partial charge in [0.15, 0.2) is 0 Å². The average molecular weight is 448 g/mol. The molecule has 3 rings (SSSR count). The Kier molecular flexibility index (Phi) is 6.52. The molecule has 10 heteroatoms. The first-order valence-corrected chi connectivity index (χ1v) is 9.97. The van der Waals surface area contributed by atoms with Gasteiger partial charge in [0.1, 0.15) is 12.3 Å². The van der Waals surface area contributed by atoms with E-state index in [1.54, 1.807) is 25.1 Å². The Bertz CT molecular complexity index is 1080. The Morgan fingerprint density at radius 1 is 1.25 bits per heavy atom. The van der Waals surface area contributed by atoms with E-state index in [4.69, 9.17) is 10.7 Å². The molecule has 0 heterocycles. The van der Waals surface area contributed by atoms with Gasteiger partial charge in [0.2, 0.25) is 0 Å². The van der Waals surface area contributed by atoms with Gasteiger partial charge in [-0.2, -0.15) is 13.2 Å². The van der Waals surface area contributed by atoms with Crippen LogP contribution in [0.3, 0.4) is 0 Å². The highest BCUT2D eigenvalue weighted by Gasteiger charge is 2.48. The molecule has 1 aliphatic rings. The average Bonchev–Trinajstić information content (AvgIpc) is 3.56. The van der Waals surface area contributed by atoms with Crippen LogP contribution in [-0.2, 0) is 23.0 Å². The third-order valence-corrected chi connectivity index (χ3v) is 5.71. The molecule has 0 radical (unpaired) electrons. The lowest BCUT2D eigenvalue weighted by molar-refractivity contribution is -0.466. The molecule has 170 valence electrons. The fourth-order valence-electron chi connectivity index (χ4n) is 3.52. The quantitative estimate of drug-likeness (QED) is 0.211. The highest BCUT2D eigenvalue weighted by atomic mass is 19.4. The minimum absolute atomic E-state index is 0.0712. The van der Waals surface area contributed by atoms with Crippen molar-refractivity contribution in [3.63, 3.8) is 0 Å². The molecular formula is C22H25F3N5O2+. The number of halogens is 3. The minimum Gasteiger partial charge on any atom is -0.391 e. The maximum absolute atomic E-state index is 13.1. The summed E-state index contributed by atoms with van der Waals surface area (Å²) < 4.78 is 40.3. The van der Waals surface area contributed by atoms with Crippen LogP contribution in [0.2, 0.25) is 0 Å². The summed E-state index contributed by atoms with van der Waals surface area (Å²) in [6, 6.07) is 10.2. The Morgan fingerprint density at radius 2 is 1.94 bits per heavy atom. The molecule has 1 aliphatic carbocycles. The van der Waals surface area contributed by atoms with Gasteiger partial charge in [-0.25, -0.2) is 16.0 Å². The fraction of sp³-hybridized carbons (Fsp3) is 0.364. The minimum atomic E-state index is -4.40. The van der Waals surface area contributed by atoms with E-state index >= 15 is 0 Å². The van der Waals surface area contributed by atoms with Gasteiger partial charge >= 0.3 is 12.2 Å². The normalized spacial score (nSPS) is 15.9. The van der Waals surface area contributed by atoms with Crippen LogP contribution in [0.5, 0.6) is 0 Å². The third-order valence-electron chi connectivity index (χ3n) is 5.71. The molecule has 0 aromatic heterocycles. The zero-order chi connectivity index (χ0) is 23.5. The van der Waals surface area contributed by atoms with Gasteiger partial charge in [-0.15, -0.1) is 4.70 Å². The third kappa shape index (κ3) is 4.90. The number of rotatable bonds is 6. The number of amides is 2. The van der Waals surface area contributed by atoms with Gasteiger partial charge in [-0.3, -0.25) is 0 Å². The first-order chi connectivity index (χ1) is 15.1. The monoisotopic (exact) mass is 448 g/mol. The summed E-state index contributed by atoms with van der Waals surface area (Å²) in [5, 5.41) is 10.2. The number of urea groups is 1. The predicted octanol–water partition coefficient (Wildman–Crippen LogP) is 5.14. The molecular weight excluding hydrogens is 423 g/mol. The molecule has 3 N–H and O–H groups in total. The van der Waals surface area contributed by atoms with Gasteiger partial charge in [0.25, 0.3) is 0 Å². The van der Waals surface area contributed by atoms with Gasteiger partial charge in [-0.1, -0.05) is 35.5 Å². The van der Waals surface area contributed by atoms with Crippen LogP contribution in [-0.4, -0.2) is 23.5 Å². The zero-order valence-corrected chi connectivity index (χ0v) is 18.0. The van der Waals surface area contributed by atoms with Crippen LogP contribution in [0.15, 0.2) is 52.8 Å². The number of alkyl halides is 3. The summed E-state index contributed by atoms with van der Waals surface area (Å²) in [7, 11) is 1.41. The van der Waals surface area contributed by atoms with Crippen molar-refractivity contribution in [2.24, 2.45) is 16.2 Å². The summed E-state index contributed by atoms with van der Waals surface area (Å²) in [6.07, 6.45) is -2.99. The summed E-state index contributed by atoms with van der Waals surface area (Å²) in [5.74, 6) is 5.12. The number of aryl methyl sites for hydroxylation is 1.